The Kier molecular flexibility index (Phi) is 4.90. The highest BCUT2D eigenvalue weighted by Gasteiger charge is 2.44. The van der Waals surface area contributed by atoms with Crippen molar-refractivity contribution in [3.05, 3.63) is 28.8 Å². The van der Waals surface area contributed by atoms with Gasteiger partial charge < -0.3 is 9.64 Å². The molecule has 0 unspecified atom stereocenters. The summed E-state index contributed by atoms with van der Waals surface area (Å²) in [6.45, 7) is 9.57. The van der Waals surface area contributed by atoms with Crippen molar-refractivity contribution in [1.82, 2.24) is 4.90 Å². The molecule has 0 saturated carbocycles. The van der Waals surface area contributed by atoms with Crippen LogP contribution in [0, 0.1) is 19.8 Å². The summed E-state index contributed by atoms with van der Waals surface area (Å²) in [7, 11) is 0. The molecule has 0 bridgehead atoms. The monoisotopic (exact) mass is 343 g/mol. The molecule has 1 aromatic rings. The number of carbonyl (C=O) groups excluding carboxylic acids is 2. The van der Waals surface area contributed by atoms with Crippen LogP contribution < -0.4 is 4.74 Å². The first kappa shape index (κ1) is 18.0. The van der Waals surface area contributed by atoms with E-state index in [1.165, 1.54) is 0 Å². The number of hydrogen-bond acceptors (Lipinski definition) is 3. The SMILES string of the molecule is CCC(CC)C(=O)N1CCC2(CC1)CC(=O)c1ccc(C)c(C)c1O2. The van der Waals surface area contributed by atoms with Gasteiger partial charge in [0.1, 0.15) is 11.4 Å². The normalized spacial score (nSPS) is 19.1. The number of hydrogen-bond donors (Lipinski definition) is 0. The van der Waals surface area contributed by atoms with Crippen molar-refractivity contribution in [2.24, 2.45) is 5.92 Å². The average molecular weight is 343 g/mol. The van der Waals surface area contributed by atoms with E-state index in [-0.39, 0.29) is 17.6 Å². The zero-order valence-electron chi connectivity index (χ0n) is 15.9. The van der Waals surface area contributed by atoms with Gasteiger partial charge in [-0.05, 0) is 43.9 Å². The van der Waals surface area contributed by atoms with Crippen LogP contribution in [0.25, 0.3) is 0 Å². The summed E-state index contributed by atoms with van der Waals surface area (Å²) in [5.74, 6) is 1.31. The Morgan fingerprint density at radius 2 is 1.84 bits per heavy atom. The third kappa shape index (κ3) is 3.19. The fraction of sp³-hybridized carbons (Fsp3) is 0.619. The van der Waals surface area contributed by atoms with Gasteiger partial charge in [-0.15, -0.1) is 0 Å². The molecule has 0 atom stereocenters. The quantitative estimate of drug-likeness (QED) is 0.831. The van der Waals surface area contributed by atoms with E-state index >= 15 is 0 Å². The molecule has 0 radical (unpaired) electrons. The summed E-state index contributed by atoms with van der Waals surface area (Å²) < 4.78 is 6.42. The van der Waals surface area contributed by atoms with E-state index < -0.39 is 5.60 Å². The molecular weight excluding hydrogens is 314 g/mol. The van der Waals surface area contributed by atoms with Gasteiger partial charge in [0.2, 0.25) is 5.91 Å². The van der Waals surface area contributed by atoms with E-state index in [1.807, 2.05) is 30.9 Å². The minimum atomic E-state index is -0.437. The van der Waals surface area contributed by atoms with Crippen molar-refractivity contribution in [2.45, 2.75) is 65.4 Å². The minimum absolute atomic E-state index is 0.119. The van der Waals surface area contributed by atoms with Gasteiger partial charge >= 0.3 is 0 Å². The number of Topliss-reactive ketones (excluding diaryl/α,β-unsaturated/α-hetero) is 1. The molecule has 25 heavy (non-hydrogen) atoms. The van der Waals surface area contributed by atoms with Crippen molar-refractivity contribution in [1.29, 1.82) is 0 Å². The Balaban J connectivity index is 1.77. The van der Waals surface area contributed by atoms with E-state index in [0.717, 1.165) is 42.6 Å². The molecule has 1 amide bonds. The molecule has 1 fully saturated rings. The highest BCUT2D eigenvalue weighted by Crippen LogP contribution is 2.41. The lowest BCUT2D eigenvalue weighted by atomic mass is 9.81. The first-order valence-corrected chi connectivity index (χ1v) is 9.52. The number of ketones is 1. The lowest BCUT2D eigenvalue weighted by Gasteiger charge is -2.45. The van der Waals surface area contributed by atoms with Gasteiger partial charge in [0.25, 0.3) is 0 Å². The topological polar surface area (TPSA) is 46.6 Å². The molecule has 0 aliphatic carbocycles. The summed E-state index contributed by atoms with van der Waals surface area (Å²) in [6, 6.07) is 3.88. The largest absolute Gasteiger partial charge is 0.486 e. The number of benzene rings is 1. The van der Waals surface area contributed by atoms with Crippen LogP contribution in [0.2, 0.25) is 0 Å². The highest BCUT2D eigenvalue weighted by atomic mass is 16.5. The number of ether oxygens (including phenoxy) is 1. The van der Waals surface area contributed by atoms with Crippen LogP contribution in [0.1, 0.15) is 67.4 Å². The molecule has 3 rings (SSSR count). The number of likely N-dealkylation sites (tertiary alicyclic amines) is 1. The molecule has 2 aliphatic rings. The maximum absolute atomic E-state index is 12.7. The summed E-state index contributed by atoms with van der Waals surface area (Å²) >= 11 is 0. The number of aryl methyl sites for hydroxylation is 1. The third-order valence-electron chi connectivity index (χ3n) is 6.10. The molecule has 1 aromatic carbocycles. The minimum Gasteiger partial charge on any atom is -0.486 e. The molecule has 4 heteroatoms. The van der Waals surface area contributed by atoms with Crippen molar-refractivity contribution < 1.29 is 14.3 Å². The predicted molar refractivity (Wildman–Crippen MR) is 98.1 cm³/mol. The second-order valence-electron chi connectivity index (χ2n) is 7.61. The summed E-state index contributed by atoms with van der Waals surface area (Å²) in [6.07, 6.45) is 3.67. The zero-order chi connectivity index (χ0) is 18.2. The van der Waals surface area contributed by atoms with Gasteiger partial charge in [0, 0.05) is 31.8 Å². The van der Waals surface area contributed by atoms with Gasteiger partial charge in [0.05, 0.1) is 12.0 Å². The number of fused-ring (bicyclic) bond motifs is 1. The number of amides is 1. The Morgan fingerprint density at radius 3 is 2.44 bits per heavy atom. The molecule has 1 spiro atoms. The van der Waals surface area contributed by atoms with Crippen LogP contribution >= 0.6 is 0 Å². The Hall–Kier alpha value is -1.84. The van der Waals surface area contributed by atoms with Gasteiger partial charge in [-0.3, -0.25) is 9.59 Å². The number of carbonyl (C=O) groups is 2. The molecule has 2 heterocycles. The van der Waals surface area contributed by atoms with Gasteiger partial charge in [-0.25, -0.2) is 0 Å². The van der Waals surface area contributed by atoms with Gasteiger partial charge in [-0.1, -0.05) is 19.9 Å². The Bertz CT molecular complexity index is 683. The number of rotatable bonds is 3. The zero-order valence-corrected chi connectivity index (χ0v) is 15.9. The first-order valence-electron chi connectivity index (χ1n) is 9.52. The second kappa shape index (κ2) is 6.81. The third-order valence-corrected chi connectivity index (χ3v) is 6.10. The Labute approximate surface area is 150 Å². The van der Waals surface area contributed by atoms with E-state index in [9.17, 15) is 9.59 Å². The van der Waals surface area contributed by atoms with Crippen molar-refractivity contribution >= 4 is 11.7 Å². The molecule has 4 nitrogen and oxygen atoms in total. The van der Waals surface area contributed by atoms with Crippen LogP contribution in [0.4, 0.5) is 0 Å². The molecule has 0 N–H and O–H groups in total. The van der Waals surface area contributed by atoms with Crippen molar-refractivity contribution in [2.75, 3.05) is 13.1 Å². The van der Waals surface area contributed by atoms with Crippen LogP contribution in [-0.4, -0.2) is 35.3 Å². The standard InChI is InChI=1S/C21H29NO3/c1-5-16(6-2)20(24)22-11-9-21(10-12-22)13-18(23)17-8-7-14(3)15(4)19(17)25-21/h7-8,16H,5-6,9-13H2,1-4H3. The molecule has 136 valence electrons. The first-order chi connectivity index (χ1) is 11.9. The summed E-state index contributed by atoms with van der Waals surface area (Å²) in [4.78, 5) is 27.3. The average Bonchev–Trinajstić information content (AvgIpc) is 2.60. The maximum atomic E-state index is 12.7. The van der Waals surface area contributed by atoms with Crippen molar-refractivity contribution in [3.63, 3.8) is 0 Å². The lowest BCUT2D eigenvalue weighted by Crippen LogP contribution is -2.53. The Morgan fingerprint density at radius 1 is 1.20 bits per heavy atom. The van der Waals surface area contributed by atoms with Gasteiger partial charge in [0.15, 0.2) is 5.78 Å². The number of piperidine rings is 1. The van der Waals surface area contributed by atoms with Crippen molar-refractivity contribution in [3.8, 4) is 5.75 Å². The molecular formula is C21H29NO3. The van der Waals surface area contributed by atoms with Crippen LogP contribution in [0.15, 0.2) is 12.1 Å². The van der Waals surface area contributed by atoms with E-state index in [0.29, 0.717) is 25.1 Å². The summed E-state index contributed by atoms with van der Waals surface area (Å²) in [5.41, 5.74) is 2.47. The smallest absolute Gasteiger partial charge is 0.225 e. The lowest BCUT2D eigenvalue weighted by molar-refractivity contribution is -0.139. The van der Waals surface area contributed by atoms with E-state index in [2.05, 4.69) is 13.8 Å². The maximum Gasteiger partial charge on any atom is 0.225 e. The number of nitrogens with zero attached hydrogens (tertiary/aromatic N) is 1. The predicted octanol–water partition coefficient (Wildman–Crippen LogP) is 4.07. The van der Waals surface area contributed by atoms with E-state index in [1.54, 1.807) is 0 Å². The molecule has 2 aliphatic heterocycles. The highest BCUT2D eigenvalue weighted by molar-refractivity contribution is 6.01. The fourth-order valence-corrected chi connectivity index (χ4v) is 4.09. The second-order valence-corrected chi connectivity index (χ2v) is 7.61. The summed E-state index contributed by atoms with van der Waals surface area (Å²) in [5, 5.41) is 0. The van der Waals surface area contributed by atoms with Crippen LogP contribution in [-0.2, 0) is 4.79 Å². The fourth-order valence-electron chi connectivity index (χ4n) is 4.09. The van der Waals surface area contributed by atoms with Gasteiger partial charge in [-0.2, -0.15) is 0 Å². The van der Waals surface area contributed by atoms with E-state index in [4.69, 9.17) is 4.74 Å². The molecule has 1 saturated heterocycles. The van der Waals surface area contributed by atoms with Crippen LogP contribution in [0.3, 0.4) is 0 Å². The van der Waals surface area contributed by atoms with Crippen LogP contribution in [0.5, 0.6) is 5.75 Å². The molecule has 0 aromatic heterocycles.